The van der Waals surface area contributed by atoms with E-state index in [1.807, 2.05) is 13.0 Å². The van der Waals surface area contributed by atoms with Crippen molar-refractivity contribution in [3.05, 3.63) is 29.6 Å². The average molecular weight is 343 g/mol. The van der Waals surface area contributed by atoms with Crippen molar-refractivity contribution < 1.29 is 9.53 Å². The molecule has 2 aliphatic heterocycles. The molecule has 1 saturated carbocycles. The number of carbonyl (C=O) groups is 1. The number of likely N-dealkylation sites (tertiary alicyclic amines) is 1. The van der Waals surface area contributed by atoms with Gasteiger partial charge in [0.1, 0.15) is 0 Å². The maximum Gasteiger partial charge on any atom is 0.223 e. The first kappa shape index (κ1) is 17.0. The Morgan fingerprint density at radius 3 is 2.84 bits per heavy atom. The van der Waals surface area contributed by atoms with Crippen LogP contribution in [0.4, 0.5) is 0 Å². The SMILES string of the molecule is Cc1cccc(CN2CCC3(CC2)C[C@@H](NC(=O)C2CC2)CCO3)n1. The van der Waals surface area contributed by atoms with Crippen molar-refractivity contribution in [2.75, 3.05) is 19.7 Å². The Labute approximate surface area is 150 Å². The molecule has 1 N–H and O–H groups in total. The Bertz CT molecular complexity index is 621. The van der Waals surface area contributed by atoms with Crippen LogP contribution in [0, 0.1) is 12.8 Å². The van der Waals surface area contributed by atoms with E-state index in [9.17, 15) is 4.79 Å². The van der Waals surface area contributed by atoms with Crippen molar-refractivity contribution >= 4 is 5.91 Å². The largest absolute Gasteiger partial charge is 0.375 e. The van der Waals surface area contributed by atoms with E-state index in [0.717, 1.165) is 76.2 Å². The van der Waals surface area contributed by atoms with Crippen molar-refractivity contribution in [2.45, 2.75) is 63.6 Å². The normalized spacial score (nSPS) is 26.5. The molecule has 5 nitrogen and oxygen atoms in total. The number of amides is 1. The molecule has 1 aliphatic carbocycles. The van der Waals surface area contributed by atoms with Crippen LogP contribution in [0.25, 0.3) is 0 Å². The fourth-order valence-electron chi connectivity index (χ4n) is 4.20. The Balaban J connectivity index is 1.30. The quantitative estimate of drug-likeness (QED) is 0.912. The van der Waals surface area contributed by atoms with Crippen molar-refractivity contribution in [3.8, 4) is 0 Å². The summed E-state index contributed by atoms with van der Waals surface area (Å²) in [5.41, 5.74) is 2.20. The van der Waals surface area contributed by atoms with E-state index in [1.54, 1.807) is 0 Å². The fraction of sp³-hybridized carbons (Fsp3) is 0.700. The van der Waals surface area contributed by atoms with Gasteiger partial charge in [0.25, 0.3) is 0 Å². The smallest absolute Gasteiger partial charge is 0.223 e. The molecule has 136 valence electrons. The molecule has 5 heteroatoms. The molecule has 1 aromatic rings. The van der Waals surface area contributed by atoms with Gasteiger partial charge in [-0.3, -0.25) is 14.7 Å². The number of aryl methyl sites for hydroxylation is 1. The topological polar surface area (TPSA) is 54.5 Å². The van der Waals surface area contributed by atoms with Crippen LogP contribution in [0.1, 0.15) is 49.9 Å². The summed E-state index contributed by atoms with van der Waals surface area (Å²) in [6.45, 7) is 5.81. The van der Waals surface area contributed by atoms with Crippen molar-refractivity contribution in [1.29, 1.82) is 0 Å². The van der Waals surface area contributed by atoms with E-state index < -0.39 is 0 Å². The van der Waals surface area contributed by atoms with Gasteiger partial charge in [0, 0.05) is 43.9 Å². The summed E-state index contributed by atoms with van der Waals surface area (Å²) in [4.78, 5) is 19.2. The van der Waals surface area contributed by atoms with E-state index >= 15 is 0 Å². The molecule has 3 aliphatic rings. The lowest BCUT2D eigenvalue weighted by atomic mass is 9.82. The van der Waals surface area contributed by atoms with Crippen LogP contribution in [0.2, 0.25) is 0 Å². The summed E-state index contributed by atoms with van der Waals surface area (Å²) in [5.74, 6) is 0.562. The van der Waals surface area contributed by atoms with E-state index in [0.29, 0.717) is 12.0 Å². The number of carbonyl (C=O) groups excluding carboxylic acids is 1. The Hall–Kier alpha value is -1.46. The first-order valence-electron chi connectivity index (χ1n) is 9.71. The molecule has 1 amide bonds. The number of ether oxygens (including phenoxy) is 1. The summed E-state index contributed by atoms with van der Waals surface area (Å²) in [6.07, 6.45) is 6.17. The summed E-state index contributed by atoms with van der Waals surface area (Å²) in [7, 11) is 0. The highest BCUT2D eigenvalue weighted by atomic mass is 16.5. The molecule has 0 unspecified atom stereocenters. The number of hydrogen-bond acceptors (Lipinski definition) is 4. The first-order chi connectivity index (χ1) is 12.1. The minimum atomic E-state index is -0.0315. The highest BCUT2D eigenvalue weighted by Gasteiger charge is 2.41. The number of pyridine rings is 1. The van der Waals surface area contributed by atoms with Crippen LogP contribution in [0.5, 0.6) is 0 Å². The molecule has 25 heavy (non-hydrogen) atoms. The molecule has 3 heterocycles. The second kappa shape index (κ2) is 7.04. The van der Waals surface area contributed by atoms with E-state index in [4.69, 9.17) is 4.74 Å². The third-order valence-electron chi connectivity index (χ3n) is 5.89. The zero-order chi connectivity index (χ0) is 17.3. The third-order valence-corrected chi connectivity index (χ3v) is 5.89. The molecule has 2 saturated heterocycles. The number of piperidine rings is 1. The highest BCUT2D eigenvalue weighted by molar-refractivity contribution is 5.81. The molecular weight excluding hydrogens is 314 g/mol. The van der Waals surface area contributed by atoms with Gasteiger partial charge in [-0.15, -0.1) is 0 Å². The summed E-state index contributed by atoms with van der Waals surface area (Å²) < 4.78 is 6.22. The number of aromatic nitrogens is 1. The van der Waals surface area contributed by atoms with Gasteiger partial charge in [-0.2, -0.15) is 0 Å². The second-order valence-corrected chi connectivity index (χ2v) is 8.05. The van der Waals surface area contributed by atoms with Crippen LogP contribution in [0.15, 0.2) is 18.2 Å². The van der Waals surface area contributed by atoms with Crippen LogP contribution in [-0.2, 0) is 16.1 Å². The predicted molar refractivity (Wildman–Crippen MR) is 96.1 cm³/mol. The van der Waals surface area contributed by atoms with E-state index in [2.05, 4.69) is 27.3 Å². The molecule has 0 aromatic carbocycles. The lowest BCUT2D eigenvalue weighted by Gasteiger charge is -2.46. The highest BCUT2D eigenvalue weighted by Crippen LogP contribution is 2.36. The van der Waals surface area contributed by atoms with Crippen LogP contribution in [-0.4, -0.2) is 47.1 Å². The molecule has 4 rings (SSSR count). The first-order valence-corrected chi connectivity index (χ1v) is 9.71. The van der Waals surface area contributed by atoms with Gasteiger partial charge >= 0.3 is 0 Å². The van der Waals surface area contributed by atoms with Crippen LogP contribution < -0.4 is 5.32 Å². The standard InChI is InChI=1S/C20H29N3O2/c1-15-3-2-4-18(21-15)14-23-10-8-20(9-11-23)13-17(7-12-25-20)22-19(24)16-5-6-16/h2-4,16-17H,5-14H2,1H3,(H,22,24)/t17-/m0/s1. The second-order valence-electron chi connectivity index (χ2n) is 8.05. The van der Waals surface area contributed by atoms with Gasteiger partial charge < -0.3 is 10.1 Å². The minimum Gasteiger partial charge on any atom is -0.375 e. The van der Waals surface area contributed by atoms with Gasteiger partial charge in [-0.05, 0) is 57.6 Å². The Morgan fingerprint density at radius 2 is 2.12 bits per heavy atom. The van der Waals surface area contributed by atoms with Gasteiger partial charge in [0.05, 0.1) is 11.3 Å². The molecular formula is C20H29N3O2. The molecule has 0 bridgehead atoms. The maximum absolute atomic E-state index is 12.1. The lowest BCUT2D eigenvalue weighted by molar-refractivity contribution is -0.132. The van der Waals surface area contributed by atoms with Gasteiger partial charge in [-0.1, -0.05) is 6.07 Å². The zero-order valence-corrected chi connectivity index (χ0v) is 15.2. The summed E-state index contributed by atoms with van der Waals surface area (Å²) in [6, 6.07) is 6.53. The van der Waals surface area contributed by atoms with Gasteiger partial charge in [-0.25, -0.2) is 0 Å². The van der Waals surface area contributed by atoms with Crippen molar-refractivity contribution in [3.63, 3.8) is 0 Å². The molecule has 1 aromatic heterocycles. The number of hydrogen-bond donors (Lipinski definition) is 1. The zero-order valence-electron chi connectivity index (χ0n) is 15.2. The molecule has 0 radical (unpaired) electrons. The van der Waals surface area contributed by atoms with Crippen molar-refractivity contribution in [1.82, 2.24) is 15.2 Å². The maximum atomic E-state index is 12.1. The number of nitrogens with one attached hydrogen (secondary N) is 1. The van der Waals surface area contributed by atoms with Crippen LogP contribution in [0.3, 0.4) is 0 Å². The van der Waals surface area contributed by atoms with E-state index in [-0.39, 0.29) is 11.5 Å². The third kappa shape index (κ3) is 4.21. The average Bonchev–Trinajstić information content (AvgIpc) is 3.43. The van der Waals surface area contributed by atoms with E-state index in [1.165, 1.54) is 0 Å². The molecule has 3 fully saturated rings. The number of rotatable bonds is 4. The van der Waals surface area contributed by atoms with Crippen LogP contribution >= 0.6 is 0 Å². The molecule has 1 atom stereocenters. The van der Waals surface area contributed by atoms with Gasteiger partial charge in [0.2, 0.25) is 5.91 Å². The Kier molecular flexibility index (Phi) is 4.78. The fourth-order valence-corrected chi connectivity index (χ4v) is 4.20. The summed E-state index contributed by atoms with van der Waals surface area (Å²) >= 11 is 0. The minimum absolute atomic E-state index is 0.0315. The monoisotopic (exact) mass is 343 g/mol. The number of nitrogens with zero attached hydrogens (tertiary/aromatic N) is 2. The molecule has 1 spiro atoms. The summed E-state index contributed by atoms with van der Waals surface area (Å²) in [5, 5.41) is 3.27. The Morgan fingerprint density at radius 1 is 1.32 bits per heavy atom. The lowest BCUT2D eigenvalue weighted by Crippen LogP contribution is -2.53. The van der Waals surface area contributed by atoms with Crippen molar-refractivity contribution in [2.24, 2.45) is 5.92 Å². The van der Waals surface area contributed by atoms with Gasteiger partial charge in [0.15, 0.2) is 0 Å². The predicted octanol–water partition coefficient (Wildman–Crippen LogP) is 2.43.